The van der Waals surface area contributed by atoms with Crippen LogP contribution in [0.1, 0.15) is 37.8 Å². The smallest absolute Gasteiger partial charge is 0.124 e. The summed E-state index contributed by atoms with van der Waals surface area (Å²) in [6.07, 6.45) is 2.23. The summed E-state index contributed by atoms with van der Waals surface area (Å²) in [5.41, 5.74) is 1.67. The molecule has 0 saturated heterocycles. The van der Waals surface area contributed by atoms with Gasteiger partial charge in [0.25, 0.3) is 0 Å². The fraction of sp³-hybridized carbons (Fsp3) is 0.462. The van der Waals surface area contributed by atoms with E-state index in [4.69, 9.17) is 5.26 Å². The molecular formula is C13H14FN. The highest BCUT2D eigenvalue weighted by Gasteiger charge is 2.47. The average molecular weight is 203 g/mol. The van der Waals surface area contributed by atoms with Gasteiger partial charge in [-0.15, -0.1) is 0 Å². The highest BCUT2D eigenvalue weighted by molar-refractivity contribution is 5.46. The second-order valence-corrected chi connectivity index (χ2v) is 4.61. The summed E-state index contributed by atoms with van der Waals surface area (Å²) in [6.45, 7) is 4.33. The Morgan fingerprint density at radius 3 is 2.53 bits per heavy atom. The van der Waals surface area contributed by atoms with Crippen LogP contribution in [0.5, 0.6) is 0 Å². The first-order chi connectivity index (χ1) is 7.10. The molecule has 15 heavy (non-hydrogen) atoms. The summed E-state index contributed by atoms with van der Waals surface area (Å²) in [5.74, 6) is 0.185. The summed E-state index contributed by atoms with van der Waals surface area (Å²) in [4.78, 5) is 0. The van der Waals surface area contributed by atoms with E-state index in [1.54, 1.807) is 6.07 Å². The van der Waals surface area contributed by atoms with Crippen LogP contribution < -0.4 is 0 Å². The SMILES string of the molecule is CC(C)C1(c2ccc(F)cc2C#N)CC1. The zero-order valence-corrected chi connectivity index (χ0v) is 9.05. The molecule has 0 atom stereocenters. The standard InChI is InChI=1S/C13H14FN/c1-9(2)13(5-6-13)12-4-3-11(14)7-10(12)8-15/h3-4,7,9H,5-6H2,1-2H3. The van der Waals surface area contributed by atoms with Crippen molar-refractivity contribution in [1.82, 2.24) is 0 Å². The second kappa shape index (κ2) is 3.34. The van der Waals surface area contributed by atoms with Crippen LogP contribution in [0.2, 0.25) is 0 Å². The van der Waals surface area contributed by atoms with Crippen LogP contribution in [0.15, 0.2) is 18.2 Å². The van der Waals surface area contributed by atoms with Crippen molar-refractivity contribution >= 4 is 0 Å². The first kappa shape index (κ1) is 10.2. The number of halogens is 1. The van der Waals surface area contributed by atoms with Gasteiger partial charge in [0.2, 0.25) is 0 Å². The van der Waals surface area contributed by atoms with Crippen molar-refractivity contribution in [3.05, 3.63) is 35.1 Å². The van der Waals surface area contributed by atoms with Gasteiger partial charge in [-0.2, -0.15) is 5.26 Å². The van der Waals surface area contributed by atoms with Crippen molar-refractivity contribution in [3.63, 3.8) is 0 Å². The number of nitriles is 1. The predicted molar refractivity (Wildman–Crippen MR) is 56.9 cm³/mol. The van der Waals surface area contributed by atoms with E-state index in [9.17, 15) is 4.39 Å². The van der Waals surface area contributed by atoms with Gasteiger partial charge in [-0.25, -0.2) is 4.39 Å². The van der Waals surface area contributed by atoms with Crippen LogP contribution >= 0.6 is 0 Å². The van der Waals surface area contributed by atoms with Gasteiger partial charge in [-0.3, -0.25) is 0 Å². The summed E-state index contributed by atoms with van der Waals surface area (Å²) in [6, 6.07) is 6.68. The largest absolute Gasteiger partial charge is 0.207 e. The van der Waals surface area contributed by atoms with E-state index in [0.29, 0.717) is 11.5 Å². The molecule has 1 nitrogen and oxygen atoms in total. The second-order valence-electron chi connectivity index (χ2n) is 4.61. The van der Waals surface area contributed by atoms with Gasteiger partial charge in [-0.05, 0) is 41.9 Å². The zero-order valence-electron chi connectivity index (χ0n) is 9.05. The maximum absolute atomic E-state index is 13.0. The number of hydrogen-bond acceptors (Lipinski definition) is 1. The van der Waals surface area contributed by atoms with Gasteiger partial charge < -0.3 is 0 Å². The lowest BCUT2D eigenvalue weighted by molar-refractivity contribution is 0.479. The minimum absolute atomic E-state index is 0.138. The van der Waals surface area contributed by atoms with Gasteiger partial charge in [0.05, 0.1) is 11.6 Å². The maximum atomic E-state index is 13.0. The van der Waals surface area contributed by atoms with Gasteiger partial charge in [-0.1, -0.05) is 19.9 Å². The molecule has 78 valence electrons. The molecule has 0 amide bonds. The van der Waals surface area contributed by atoms with Crippen LogP contribution in [0.3, 0.4) is 0 Å². The van der Waals surface area contributed by atoms with Crippen LogP contribution in [-0.2, 0) is 5.41 Å². The van der Waals surface area contributed by atoms with Gasteiger partial charge >= 0.3 is 0 Å². The van der Waals surface area contributed by atoms with E-state index >= 15 is 0 Å². The summed E-state index contributed by atoms with van der Waals surface area (Å²) >= 11 is 0. The summed E-state index contributed by atoms with van der Waals surface area (Å²) < 4.78 is 13.0. The third-order valence-corrected chi connectivity index (χ3v) is 3.53. The van der Waals surface area contributed by atoms with Crippen LogP contribution in [0.25, 0.3) is 0 Å². The van der Waals surface area contributed by atoms with E-state index in [0.717, 1.165) is 18.4 Å². The highest BCUT2D eigenvalue weighted by Crippen LogP contribution is 2.54. The van der Waals surface area contributed by atoms with E-state index in [1.807, 2.05) is 0 Å². The molecule has 2 rings (SSSR count). The Balaban J connectivity index is 2.50. The topological polar surface area (TPSA) is 23.8 Å². The van der Waals surface area contributed by atoms with E-state index < -0.39 is 0 Å². The molecule has 1 aromatic rings. The van der Waals surface area contributed by atoms with Crippen molar-refractivity contribution in [3.8, 4) is 6.07 Å². The first-order valence-electron chi connectivity index (χ1n) is 5.30. The molecule has 0 aromatic heterocycles. The lowest BCUT2D eigenvalue weighted by Gasteiger charge is -2.21. The fourth-order valence-corrected chi connectivity index (χ4v) is 2.34. The molecule has 0 aliphatic heterocycles. The molecule has 1 fully saturated rings. The van der Waals surface area contributed by atoms with E-state index in [1.165, 1.54) is 12.1 Å². The molecular weight excluding hydrogens is 189 g/mol. The number of benzene rings is 1. The number of rotatable bonds is 2. The van der Waals surface area contributed by atoms with Crippen molar-refractivity contribution in [1.29, 1.82) is 5.26 Å². The molecule has 0 spiro atoms. The Morgan fingerprint density at radius 2 is 2.07 bits per heavy atom. The Morgan fingerprint density at radius 1 is 1.40 bits per heavy atom. The molecule has 1 aromatic carbocycles. The third kappa shape index (κ3) is 1.52. The molecule has 2 heteroatoms. The predicted octanol–water partition coefficient (Wildman–Crippen LogP) is 3.38. The summed E-state index contributed by atoms with van der Waals surface area (Å²) in [5, 5.41) is 9.00. The minimum Gasteiger partial charge on any atom is -0.207 e. The Kier molecular flexibility index (Phi) is 2.26. The monoisotopic (exact) mass is 203 g/mol. The fourth-order valence-electron chi connectivity index (χ4n) is 2.34. The molecule has 1 saturated carbocycles. The molecule has 1 aliphatic rings. The van der Waals surface area contributed by atoms with Crippen LogP contribution in [0, 0.1) is 23.1 Å². The Bertz CT molecular complexity index is 425. The molecule has 0 N–H and O–H groups in total. The molecule has 0 bridgehead atoms. The maximum Gasteiger partial charge on any atom is 0.124 e. The average Bonchev–Trinajstić information content (AvgIpc) is 2.98. The summed E-state index contributed by atoms with van der Waals surface area (Å²) in [7, 11) is 0. The van der Waals surface area contributed by atoms with E-state index in [2.05, 4.69) is 19.9 Å². The normalized spacial score (nSPS) is 17.5. The third-order valence-electron chi connectivity index (χ3n) is 3.53. The quantitative estimate of drug-likeness (QED) is 0.722. The molecule has 0 heterocycles. The van der Waals surface area contributed by atoms with Crippen molar-refractivity contribution < 1.29 is 4.39 Å². The number of hydrogen-bond donors (Lipinski definition) is 0. The van der Waals surface area contributed by atoms with Crippen molar-refractivity contribution in [2.24, 2.45) is 5.92 Å². The van der Waals surface area contributed by atoms with Gasteiger partial charge in [0, 0.05) is 0 Å². The Hall–Kier alpha value is -1.36. The molecule has 0 radical (unpaired) electrons. The highest BCUT2D eigenvalue weighted by atomic mass is 19.1. The van der Waals surface area contributed by atoms with Gasteiger partial charge in [0.15, 0.2) is 0 Å². The van der Waals surface area contributed by atoms with Crippen LogP contribution in [-0.4, -0.2) is 0 Å². The lowest BCUT2D eigenvalue weighted by atomic mass is 9.82. The molecule has 0 unspecified atom stereocenters. The van der Waals surface area contributed by atoms with Crippen LogP contribution in [0.4, 0.5) is 4.39 Å². The first-order valence-corrected chi connectivity index (χ1v) is 5.30. The van der Waals surface area contributed by atoms with Gasteiger partial charge in [0.1, 0.15) is 5.82 Å². The van der Waals surface area contributed by atoms with E-state index in [-0.39, 0.29) is 11.2 Å². The van der Waals surface area contributed by atoms with Crippen molar-refractivity contribution in [2.75, 3.05) is 0 Å². The zero-order chi connectivity index (χ0) is 11.1. The Labute approximate surface area is 89.5 Å². The van der Waals surface area contributed by atoms with Crippen molar-refractivity contribution in [2.45, 2.75) is 32.1 Å². The number of nitrogens with zero attached hydrogens (tertiary/aromatic N) is 1. The minimum atomic E-state index is -0.324. The molecule has 1 aliphatic carbocycles. The lowest BCUT2D eigenvalue weighted by Crippen LogP contribution is -2.16.